The molecular formula is C27H38F3N3O4. The van der Waals surface area contributed by atoms with E-state index in [0.717, 1.165) is 64.1 Å². The second kappa shape index (κ2) is 11.0. The molecule has 0 aromatic heterocycles. The van der Waals surface area contributed by atoms with Crippen molar-refractivity contribution >= 4 is 17.8 Å². The molecule has 4 rings (SSSR count). The van der Waals surface area contributed by atoms with Gasteiger partial charge >= 0.3 is 12.1 Å². The summed E-state index contributed by atoms with van der Waals surface area (Å²) < 4.78 is 31.7. The average Bonchev–Trinajstić information content (AvgIpc) is 3.26. The fourth-order valence-electron chi connectivity index (χ4n) is 6.21. The molecule has 1 aromatic rings. The summed E-state index contributed by atoms with van der Waals surface area (Å²) in [5.41, 5.74) is 2.07. The van der Waals surface area contributed by atoms with Gasteiger partial charge in [-0.25, -0.2) is 4.79 Å². The van der Waals surface area contributed by atoms with Gasteiger partial charge in [0.15, 0.2) is 0 Å². The number of fused-ring (bicyclic) bond motifs is 1. The average molecular weight is 526 g/mol. The maximum atomic E-state index is 13.3. The van der Waals surface area contributed by atoms with Crippen LogP contribution >= 0.6 is 0 Å². The topological polar surface area (TPSA) is 81.2 Å². The largest absolute Gasteiger partial charge is 0.490 e. The number of carboxylic acids is 1. The van der Waals surface area contributed by atoms with Crippen molar-refractivity contribution in [2.24, 2.45) is 16.7 Å². The molecule has 2 spiro atoms. The van der Waals surface area contributed by atoms with Crippen LogP contribution in [0.25, 0.3) is 0 Å². The molecule has 3 fully saturated rings. The maximum Gasteiger partial charge on any atom is 0.490 e. The van der Waals surface area contributed by atoms with E-state index in [4.69, 9.17) is 9.90 Å². The summed E-state index contributed by atoms with van der Waals surface area (Å²) in [6.45, 7) is 12.0. The van der Waals surface area contributed by atoms with Crippen LogP contribution in [0.3, 0.4) is 0 Å². The van der Waals surface area contributed by atoms with Gasteiger partial charge in [0.1, 0.15) is 0 Å². The highest BCUT2D eigenvalue weighted by Crippen LogP contribution is 2.57. The lowest BCUT2D eigenvalue weighted by Gasteiger charge is -2.47. The standard InChI is InChI=1S/C25H37N3O2.C2HF3O2/c1-19(2)16-27-17-24(25(18-27)11-12-26(4)23(25)30)9-13-28(14-10-24)22(29)15-21-7-5-20(3)6-8-21;3-2(4,5)1(6)7/h5-8,19H,9-18H2,1-4H3;(H,6,7). The number of halogens is 3. The van der Waals surface area contributed by atoms with Crippen LogP contribution in [-0.4, -0.2) is 90.1 Å². The molecule has 7 nitrogen and oxygen atoms in total. The van der Waals surface area contributed by atoms with Gasteiger partial charge in [-0.2, -0.15) is 13.2 Å². The van der Waals surface area contributed by atoms with Crippen LogP contribution in [0.4, 0.5) is 13.2 Å². The van der Waals surface area contributed by atoms with E-state index < -0.39 is 12.1 Å². The summed E-state index contributed by atoms with van der Waals surface area (Å²) in [7, 11) is 1.95. The molecule has 1 N–H and O–H groups in total. The number of carbonyl (C=O) groups excluding carboxylic acids is 2. The second-order valence-electron chi connectivity index (χ2n) is 11.2. The number of carbonyl (C=O) groups is 3. The number of nitrogens with zero attached hydrogens (tertiary/aromatic N) is 3. The lowest BCUT2D eigenvalue weighted by molar-refractivity contribution is -0.192. The molecule has 3 aliphatic rings. The van der Waals surface area contributed by atoms with Gasteiger partial charge in [-0.15, -0.1) is 0 Å². The number of aliphatic carboxylic acids is 1. The zero-order valence-electron chi connectivity index (χ0n) is 22.1. The van der Waals surface area contributed by atoms with Crippen LogP contribution < -0.4 is 0 Å². The summed E-state index contributed by atoms with van der Waals surface area (Å²) in [6.07, 6.45) is -1.75. The summed E-state index contributed by atoms with van der Waals surface area (Å²) >= 11 is 0. The Kier molecular flexibility index (Phi) is 8.61. The third kappa shape index (κ3) is 6.27. The predicted molar refractivity (Wildman–Crippen MR) is 133 cm³/mol. The highest BCUT2D eigenvalue weighted by atomic mass is 19.4. The molecule has 206 valence electrons. The number of likely N-dealkylation sites (tertiary alicyclic amines) is 3. The molecule has 3 saturated heterocycles. The molecule has 0 aliphatic carbocycles. The highest BCUT2D eigenvalue weighted by molar-refractivity contribution is 5.86. The SMILES string of the molecule is Cc1ccc(CC(=O)N2CCC3(CC2)CN(CC(C)C)CC32CCN(C)C2=O)cc1.O=C(O)C(F)(F)F. The summed E-state index contributed by atoms with van der Waals surface area (Å²) in [5.74, 6) is -1.60. The van der Waals surface area contributed by atoms with Crippen LogP contribution in [0, 0.1) is 23.7 Å². The Balaban J connectivity index is 0.000000479. The molecule has 1 atom stereocenters. The quantitative estimate of drug-likeness (QED) is 0.650. The van der Waals surface area contributed by atoms with Crippen LogP contribution in [0.2, 0.25) is 0 Å². The van der Waals surface area contributed by atoms with E-state index in [1.54, 1.807) is 0 Å². The molecule has 10 heteroatoms. The third-order valence-electron chi connectivity index (χ3n) is 8.08. The monoisotopic (exact) mass is 525 g/mol. The molecule has 0 saturated carbocycles. The number of hydrogen-bond acceptors (Lipinski definition) is 4. The van der Waals surface area contributed by atoms with Crippen molar-refractivity contribution in [3.8, 4) is 0 Å². The van der Waals surface area contributed by atoms with Crippen molar-refractivity contribution < 1.29 is 32.7 Å². The van der Waals surface area contributed by atoms with Crippen LogP contribution in [0.1, 0.15) is 44.2 Å². The minimum absolute atomic E-state index is 0.0182. The van der Waals surface area contributed by atoms with Crippen LogP contribution in [0.15, 0.2) is 24.3 Å². The zero-order chi connectivity index (χ0) is 27.6. The molecular weight excluding hydrogens is 487 g/mol. The normalized spacial score (nSPS) is 23.6. The second-order valence-corrected chi connectivity index (χ2v) is 11.2. The highest BCUT2D eigenvalue weighted by Gasteiger charge is 2.64. The first-order valence-corrected chi connectivity index (χ1v) is 12.8. The van der Waals surface area contributed by atoms with Crippen molar-refractivity contribution in [2.75, 3.05) is 46.3 Å². The Morgan fingerprint density at radius 3 is 2.05 bits per heavy atom. The van der Waals surface area contributed by atoms with Gasteiger partial charge in [-0.3, -0.25) is 9.59 Å². The summed E-state index contributed by atoms with van der Waals surface area (Å²) in [5, 5.41) is 7.12. The molecule has 1 aromatic carbocycles. The molecule has 3 aliphatic heterocycles. The number of carboxylic acid groups (broad SMARTS) is 1. The van der Waals surface area contributed by atoms with Crippen molar-refractivity contribution in [1.29, 1.82) is 0 Å². The Labute approximate surface area is 216 Å². The van der Waals surface area contributed by atoms with E-state index in [2.05, 4.69) is 49.9 Å². The van der Waals surface area contributed by atoms with Crippen molar-refractivity contribution in [2.45, 2.75) is 52.6 Å². The molecule has 0 radical (unpaired) electrons. The summed E-state index contributed by atoms with van der Waals surface area (Å²) in [6, 6.07) is 8.26. The van der Waals surface area contributed by atoms with Crippen molar-refractivity contribution in [1.82, 2.24) is 14.7 Å². The molecule has 2 amide bonds. The van der Waals surface area contributed by atoms with Gasteiger partial charge in [0.25, 0.3) is 0 Å². The van der Waals surface area contributed by atoms with Gasteiger partial charge in [-0.1, -0.05) is 43.7 Å². The minimum atomic E-state index is -5.08. The van der Waals surface area contributed by atoms with Gasteiger partial charge in [0.05, 0.1) is 11.8 Å². The van der Waals surface area contributed by atoms with Gasteiger partial charge in [0, 0.05) is 51.7 Å². The van der Waals surface area contributed by atoms with E-state index in [-0.39, 0.29) is 16.7 Å². The molecule has 3 heterocycles. The van der Waals surface area contributed by atoms with Crippen LogP contribution in [-0.2, 0) is 20.8 Å². The van der Waals surface area contributed by atoms with Gasteiger partial charge in [0.2, 0.25) is 11.8 Å². The number of rotatable bonds is 4. The van der Waals surface area contributed by atoms with E-state index in [0.29, 0.717) is 18.2 Å². The molecule has 37 heavy (non-hydrogen) atoms. The first kappa shape index (κ1) is 28.9. The predicted octanol–water partition coefficient (Wildman–Crippen LogP) is 3.60. The number of aryl methyl sites for hydroxylation is 1. The van der Waals surface area contributed by atoms with Crippen molar-refractivity contribution in [3.05, 3.63) is 35.4 Å². The van der Waals surface area contributed by atoms with Crippen LogP contribution in [0.5, 0.6) is 0 Å². The molecule has 0 bridgehead atoms. The zero-order valence-corrected chi connectivity index (χ0v) is 22.1. The lowest BCUT2D eigenvalue weighted by atomic mass is 9.60. The number of alkyl halides is 3. The number of benzene rings is 1. The molecule has 1 unspecified atom stereocenters. The van der Waals surface area contributed by atoms with Gasteiger partial charge in [-0.05, 0) is 37.7 Å². The first-order valence-electron chi connectivity index (χ1n) is 12.8. The Hall–Kier alpha value is -2.62. The Morgan fingerprint density at radius 2 is 1.59 bits per heavy atom. The Morgan fingerprint density at radius 1 is 1.03 bits per heavy atom. The smallest absolute Gasteiger partial charge is 0.475 e. The number of amides is 2. The van der Waals surface area contributed by atoms with E-state index in [9.17, 15) is 22.8 Å². The minimum Gasteiger partial charge on any atom is -0.475 e. The number of hydrogen-bond donors (Lipinski definition) is 1. The summed E-state index contributed by atoms with van der Waals surface area (Å²) in [4.78, 5) is 41.7. The fraction of sp³-hybridized carbons (Fsp3) is 0.667. The first-order chi connectivity index (χ1) is 17.2. The van der Waals surface area contributed by atoms with Crippen molar-refractivity contribution in [3.63, 3.8) is 0 Å². The fourth-order valence-corrected chi connectivity index (χ4v) is 6.21. The van der Waals surface area contributed by atoms with E-state index in [1.165, 1.54) is 5.56 Å². The Bertz CT molecular complexity index is 988. The van der Waals surface area contributed by atoms with E-state index in [1.807, 2.05) is 16.8 Å². The number of piperidine rings is 1. The lowest BCUT2D eigenvalue weighted by Crippen LogP contribution is -2.53. The van der Waals surface area contributed by atoms with E-state index >= 15 is 0 Å². The third-order valence-corrected chi connectivity index (χ3v) is 8.08. The van der Waals surface area contributed by atoms with Gasteiger partial charge < -0.3 is 19.8 Å². The maximum absolute atomic E-state index is 13.3.